The fraction of sp³-hybridized carbons (Fsp3) is 0.562. The summed E-state index contributed by atoms with van der Waals surface area (Å²) in [5.74, 6) is -0.123. The zero-order valence-corrected chi connectivity index (χ0v) is 13.6. The predicted molar refractivity (Wildman–Crippen MR) is 84.7 cm³/mol. The molecule has 6 heteroatoms. The molecule has 0 aromatic heterocycles. The van der Waals surface area contributed by atoms with Crippen molar-refractivity contribution < 1.29 is 19.0 Å². The van der Waals surface area contributed by atoms with E-state index in [9.17, 15) is 14.3 Å². The van der Waals surface area contributed by atoms with Crippen LogP contribution >= 0.6 is 0 Å². The number of hydrogen-bond donors (Lipinski definition) is 2. The molecule has 0 spiro atoms. The highest BCUT2D eigenvalue weighted by atomic mass is 19.1. The Bertz CT molecular complexity index is 501. The van der Waals surface area contributed by atoms with Gasteiger partial charge in [-0.1, -0.05) is 6.92 Å². The van der Waals surface area contributed by atoms with Crippen LogP contribution in [0.25, 0.3) is 0 Å². The van der Waals surface area contributed by atoms with Crippen molar-refractivity contribution in [1.29, 1.82) is 0 Å². The highest BCUT2D eigenvalue weighted by molar-refractivity contribution is 5.91. The number of carbonyl (C=O) groups is 1. The van der Waals surface area contributed by atoms with Gasteiger partial charge in [0.25, 0.3) is 0 Å². The lowest BCUT2D eigenvalue weighted by Gasteiger charge is -2.28. The molecule has 2 N–H and O–H groups in total. The van der Waals surface area contributed by atoms with Gasteiger partial charge in [0.1, 0.15) is 11.6 Å². The van der Waals surface area contributed by atoms with Crippen LogP contribution in [0.2, 0.25) is 0 Å². The first-order valence-corrected chi connectivity index (χ1v) is 7.47. The van der Waals surface area contributed by atoms with Crippen LogP contribution in [0.3, 0.4) is 0 Å². The number of rotatable bonds is 7. The largest absolute Gasteiger partial charge is 0.491 e. The summed E-state index contributed by atoms with van der Waals surface area (Å²) < 4.78 is 18.8. The lowest BCUT2D eigenvalue weighted by molar-refractivity contribution is 0.0501. The number of amides is 2. The van der Waals surface area contributed by atoms with E-state index in [0.29, 0.717) is 24.6 Å². The lowest BCUT2D eigenvalue weighted by atomic mass is 10.1. The maximum absolute atomic E-state index is 13.3. The number of urea groups is 1. The van der Waals surface area contributed by atoms with Gasteiger partial charge in [-0.2, -0.15) is 0 Å². The van der Waals surface area contributed by atoms with E-state index in [0.717, 1.165) is 6.42 Å². The van der Waals surface area contributed by atoms with E-state index >= 15 is 0 Å². The van der Waals surface area contributed by atoms with Gasteiger partial charge in [-0.3, -0.25) is 0 Å². The van der Waals surface area contributed by atoms with Crippen LogP contribution in [0.4, 0.5) is 14.9 Å². The number of aliphatic hydroxyl groups is 1. The average molecular weight is 312 g/mol. The number of nitrogens with zero attached hydrogens (tertiary/aromatic N) is 1. The Morgan fingerprint density at radius 3 is 2.64 bits per heavy atom. The Hall–Kier alpha value is -1.82. The van der Waals surface area contributed by atoms with E-state index in [2.05, 4.69) is 5.32 Å². The van der Waals surface area contributed by atoms with E-state index < -0.39 is 11.4 Å². The van der Waals surface area contributed by atoms with Crippen molar-refractivity contribution in [1.82, 2.24) is 4.90 Å². The molecule has 22 heavy (non-hydrogen) atoms. The van der Waals surface area contributed by atoms with E-state index in [1.54, 1.807) is 13.8 Å². The molecule has 0 aliphatic heterocycles. The minimum absolute atomic E-state index is 0.196. The first kappa shape index (κ1) is 18.2. The lowest BCUT2D eigenvalue weighted by Crippen LogP contribution is -2.44. The Kier molecular flexibility index (Phi) is 6.61. The van der Waals surface area contributed by atoms with Crippen molar-refractivity contribution in [3.63, 3.8) is 0 Å². The summed E-state index contributed by atoms with van der Waals surface area (Å²) in [7, 11) is 0. The number of ether oxygens (including phenoxy) is 1. The summed E-state index contributed by atoms with van der Waals surface area (Å²) in [5.41, 5.74) is -0.577. The van der Waals surface area contributed by atoms with E-state index in [4.69, 9.17) is 4.74 Å². The SMILES string of the molecule is CCCOc1cc(F)ccc1NC(=O)N(CC)CC(C)(C)O. The van der Waals surface area contributed by atoms with Gasteiger partial charge >= 0.3 is 6.03 Å². The highest BCUT2D eigenvalue weighted by Crippen LogP contribution is 2.26. The second kappa shape index (κ2) is 7.98. The molecule has 1 aromatic rings. The van der Waals surface area contributed by atoms with Crippen LogP contribution in [0.5, 0.6) is 5.75 Å². The minimum atomic E-state index is -0.988. The zero-order valence-electron chi connectivity index (χ0n) is 13.6. The van der Waals surface area contributed by atoms with Crippen molar-refractivity contribution in [3.05, 3.63) is 24.0 Å². The van der Waals surface area contributed by atoms with Crippen LogP contribution in [0, 0.1) is 5.82 Å². The molecule has 1 aromatic carbocycles. The first-order valence-electron chi connectivity index (χ1n) is 7.47. The molecule has 0 atom stereocenters. The maximum Gasteiger partial charge on any atom is 0.322 e. The second-order valence-corrected chi connectivity index (χ2v) is 5.75. The molecule has 124 valence electrons. The van der Waals surface area contributed by atoms with Crippen molar-refractivity contribution >= 4 is 11.7 Å². The summed E-state index contributed by atoms with van der Waals surface area (Å²) in [5, 5.41) is 12.5. The molecule has 5 nitrogen and oxygen atoms in total. The Morgan fingerprint density at radius 2 is 2.09 bits per heavy atom. The molecule has 0 unspecified atom stereocenters. The maximum atomic E-state index is 13.3. The third-order valence-corrected chi connectivity index (χ3v) is 2.89. The number of anilines is 1. The van der Waals surface area contributed by atoms with Gasteiger partial charge in [-0.25, -0.2) is 9.18 Å². The Balaban J connectivity index is 2.85. The summed E-state index contributed by atoms with van der Waals surface area (Å²) in [6.07, 6.45) is 0.781. The number of nitrogens with one attached hydrogen (secondary N) is 1. The molecule has 0 bridgehead atoms. The van der Waals surface area contributed by atoms with Gasteiger partial charge in [-0.05, 0) is 39.3 Å². The van der Waals surface area contributed by atoms with Crippen molar-refractivity contribution in [2.24, 2.45) is 0 Å². The quantitative estimate of drug-likeness (QED) is 0.812. The third-order valence-electron chi connectivity index (χ3n) is 2.89. The Morgan fingerprint density at radius 1 is 1.41 bits per heavy atom. The molecule has 0 aliphatic carbocycles. The molecule has 0 aliphatic rings. The molecule has 0 heterocycles. The monoisotopic (exact) mass is 312 g/mol. The van der Waals surface area contributed by atoms with Crippen LogP contribution < -0.4 is 10.1 Å². The Labute approximate surface area is 131 Å². The predicted octanol–water partition coefficient (Wildman–Crippen LogP) is 3.24. The van der Waals surface area contributed by atoms with E-state index in [1.807, 2.05) is 13.8 Å². The average Bonchev–Trinajstić information content (AvgIpc) is 2.43. The standard InChI is InChI=1S/C16H25FN2O3/c1-5-9-22-14-10-12(17)7-8-13(14)18-15(20)19(6-2)11-16(3,4)21/h7-8,10,21H,5-6,9,11H2,1-4H3,(H,18,20). The third kappa shape index (κ3) is 5.89. The van der Waals surface area contributed by atoms with Gasteiger partial charge in [-0.15, -0.1) is 0 Å². The summed E-state index contributed by atoms with van der Waals surface area (Å²) >= 11 is 0. The van der Waals surface area contributed by atoms with Crippen molar-refractivity contribution in [2.75, 3.05) is 25.0 Å². The number of hydrogen-bond acceptors (Lipinski definition) is 3. The summed E-state index contributed by atoms with van der Waals surface area (Å²) in [4.78, 5) is 13.8. The molecule has 0 saturated heterocycles. The molecule has 0 saturated carbocycles. The van der Waals surface area contributed by atoms with Gasteiger partial charge < -0.3 is 20.1 Å². The topological polar surface area (TPSA) is 61.8 Å². The second-order valence-electron chi connectivity index (χ2n) is 5.75. The molecule has 2 amide bonds. The number of halogens is 1. The highest BCUT2D eigenvalue weighted by Gasteiger charge is 2.22. The van der Waals surface area contributed by atoms with Crippen LogP contribution in [-0.2, 0) is 0 Å². The van der Waals surface area contributed by atoms with Gasteiger partial charge in [0.15, 0.2) is 0 Å². The fourth-order valence-electron chi connectivity index (χ4n) is 1.92. The molecule has 0 radical (unpaired) electrons. The molecular formula is C16H25FN2O3. The van der Waals surface area contributed by atoms with E-state index in [1.165, 1.54) is 23.1 Å². The van der Waals surface area contributed by atoms with Gasteiger partial charge in [0.05, 0.1) is 24.4 Å². The van der Waals surface area contributed by atoms with Gasteiger partial charge in [0, 0.05) is 12.6 Å². The number of carbonyl (C=O) groups excluding carboxylic acids is 1. The molecule has 0 fully saturated rings. The first-order chi connectivity index (χ1) is 10.3. The van der Waals surface area contributed by atoms with E-state index in [-0.39, 0.29) is 12.6 Å². The van der Waals surface area contributed by atoms with Crippen LogP contribution in [0.1, 0.15) is 34.1 Å². The van der Waals surface area contributed by atoms with Crippen LogP contribution in [-0.4, -0.2) is 41.3 Å². The summed E-state index contributed by atoms with van der Waals surface area (Å²) in [6, 6.07) is 3.62. The molecule has 1 rings (SSSR count). The minimum Gasteiger partial charge on any atom is -0.491 e. The van der Waals surface area contributed by atoms with Gasteiger partial charge in [0.2, 0.25) is 0 Å². The number of benzene rings is 1. The number of likely N-dealkylation sites (N-methyl/N-ethyl adjacent to an activating group) is 1. The zero-order chi connectivity index (χ0) is 16.8. The normalized spacial score (nSPS) is 11.2. The van der Waals surface area contributed by atoms with Crippen molar-refractivity contribution in [3.8, 4) is 5.75 Å². The fourth-order valence-corrected chi connectivity index (χ4v) is 1.92. The van der Waals surface area contributed by atoms with Crippen LogP contribution in [0.15, 0.2) is 18.2 Å². The van der Waals surface area contributed by atoms with Crippen molar-refractivity contribution in [2.45, 2.75) is 39.7 Å². The summed E-state index contributed by atoms with van der Waals surface area (Å²) in [6.45, 7) is 8.12. The molecular weight excluding hydrogens is 287 g/mol. The smallest absolute Gasteiger partial charge is 0.322 e.